The lowest BCUT2D eigenvalue weighted by molar-refractivity contribution is -0.132. The smallest absolute Gasteiger partial charge is 0.267 e. The van der Waals surface area contributed by atoms with Gasteiger partial charge in [0.1, 0.15) is 6.04 Å². The average molecular weight is 331 g/mol. The second kappa shape index (κ2) is 8.68. The third-order valence-electron chi connectivity index (χ3n) is 2.96. The molecule has 24 heavy (non-hydrogen) atoms. The minimum atomic E-state index is -1.12. The van der Waals surface area contributed by atoms with E-state index in [2.05, 4.69) is 29.0 Å². The molecule has 0 saturated heterocycles. The van der Waals surface area contributed by atoms with Gasteiger partial charge in [-0.15, -0.1) is 0 Å². The standard InChI is InChI=1S/C17H18FN3O3/c1-17(2,19)14(16(23)21-24)20-15(22)13-9-7-12(8-10-13)6-4-3-5-11-18/h7-10,14,24H,11,19H2,1-2H3,(H,20,22)(H,21,23)/t14-/m1/s1. The van der Waals surface area contributed by atoms with Crippen molar-refractivity contribution in [2.45, 2.75) is 25.4 Å². The predicted octanol–water partition coefficient (Wildman–Crippen LogP) is 0.352. The van der Waals surface area contributed by atoms with Gasteiger partial charge in [0.2, 0.25) is 0 Å². The van der Waals surface area contributed by atoms with Gasteiger partial charge in [-0.25, -0.2) is 9.87 Å². The van der Waals surface area contributed by atoms with E-state index in [1.165, 1.54) is 17.6 Å². The summed E-state index contributed by atoms with van der Waals surface area (Å²) in [5.74, 6) is 8.34. The number of nitrogens with two attached hydrogens (primary N) is 1. The van der Waals surface area contributed by atoms with E-state index in [4.69, 9.17) is 10.9 Å². The second-order valence-electron chi connectivity index (χ2n) is 5.47. The number of carbonyl (C=O) groups is 2. The Morgan fingerprint density at radius 1 is 1.29 bits per heavy atom. The fourth-order valence-corrected chi connectivity index (χ4v) is 1.75. The minimum Gasteiger partial charge on any atom is -0.338 e. The Kier molecular flexibility index (Phi) is 6.94. The highest BCUT2D eigenvalue weighted by atomic mass is 19.1. The zero-order chi connectivity index (χ0) is 18.2. The van der Waals surface area contributed by atoms with Crippen molar-refractivity contribution in [1.82, 2.24) is 10.8 Å². The van der Waals surface area contributed by atoms with Crippen LogP contribution in [-0.4, -0.2) is 35.3 Å². The van der Waals surface area contributed by atoms with E-state index in [0.29, 0.717) is 5.56 Å². The highest BCUT2D eigenvalue weighted by molar-refractivity contribution is 5.97. The van der Waals surface area contributed by atoms with Crippen LogP contribution in [0.15, 0.2) is 24.3 Å². The van der Waals surface area contributed by atoms with Gasteiger partial charge in [0.25, 0.3) is 11.8 Å². The molecule has 2 amide bonds. The molecule has 0 aliphatic carbocycles. The van der Waals surface area contributed by atoms with E-state index < -0.39 is 30.1 Å². The van der Waals surface area contributed by atoms with Crippen LogP contribution in [0.2, 0.25) is 0 Å². The first-order valence-corrected chi connectivity index (χ1v) is 6.98. The number of halogens is 1. The quantitative estimate of drug-likeness (QED) is 0.363. The Hall–Kier alpha value is -2.87. The molecular formula is C17H18FN3O3. The highest BCUT2D eigenvalue weighted by Gasteiger charge is 2.33. The molecule has 0 spiro atoms. The molecule has 0 saturated carbocycles. The number of hydroxylamine groups is 1. The fourth-order valence-electron chi connectivity index (χ4n) is 1.75. The molecule has 1 aromatic carbocycles. The molecule has 0 aromatic heterocycles. The van der Waals surface area contributed by atoms with Crippen molar-refractivity contribution in [3.8, 4) is 23.7 Å². The Bertz CT molecular complexity index is 716. The minimum absolute atomic E-state index is 0.287. The number of carbonyl (C=O) groups excluding carboxylic acids is 2. The van der Waals surface area contributed by atoms with Crippen LogP contribution in [0, 0.1) is 23.7 Å². The van der Waals surface area contributed by atoms with Crippen LogP contribution in [0.1, 0.15) is 29.8 Å². The first-order chi connectivity index (χ1) is 11.3. The lowest BCUT2D eigenvalue weighted by atomic mass is 9.95. The number of nitrogens with one attached hydrogen (secondary N) is 2. The summed E-state index contributed by atoms with van der Waals surface area (Å²) in [6.07, 6.45) is 0. The van der Waals surface area contributed by atoms with E-state index in [0.717, 1.165) is 0 Å². The van der Waals surface area contributed by atoms with Gasteiger partial charge in [-0.2, -0.15) is 0 Å². The molecule has 5 N–H and O–H groups in total. The normalized spacial score (nSPS) is 11.2. The van der Waals surface area contributed by atoms with E-state index in [9.17, 15) is 14.0 Å². The van der Waals surface area contributed by atoms with Crippen LogP contribution in [0.25, 0.3) is 0 Å². The van der Waals surface area contributed by atoms with Crippen molar-refractivity contribution >= 4 is 11.8 Å². The maximum atomic E-state index is 12.2. The number of hydrogen-bond donors (Lipinski definition) is 4. The van der Waals surface area contributed by atoms with Gasteiger partial charge in [0.05, 0.1) is 0 Å². The van der Waals surface area contributed by atoms with Crippen molar-refractivity contribution in [2.24, 2.45) is 5.73 Å². The van der Waals surface area contributed by atoms with Crippen LogP contribution in [-0.2, 0) is 4.79 Å². The van der Waals surface area contributed by atoms with Gasteiger partial charge in [-0.05, 0) is 50.0 Å². The van der Waals surface area contributed by atoms with Crippen molar-refractivity contribution in [3.63, 3.8) is 0 Å². The summed E-state index contributed by atoms with van der Waals surface area (Å²) in [6.45, 7) is 2.34. The average Bonchev–Trinajstić information content (AvgIpc) is 2.55. The summed E-state index contributed by atoms with van der Waals surface area (Å²) in [7, 11) is 0. The van der Waals surface area contributed by atoms with Crippen LogP contribution < -0.4 is 16.5 Å². The van der Waals surface area contributed by atoms with Crippen molar-refractivity contribution < 1.29 is 19.2 Å². The molecule has 126 valence electrons. The summed E-state index contributed by atoms with van der Waals surface area (Å²) in [5, 5.41) is 11.2. The highest BCUT2D eigenvalue weighted by Crippen LogP contribution is 2.08. The molecule has 0 heterocycles. The van der Waals surface area contributed by atoms with Crippen LogP contribution >= 0.6 is 0 Å². The summed E-state index contributed by atoms with van der Waals surface area (Å²) in [5.41, 5.74) is 7.13. The van der Waals surface area contributed by atoms with Gasteiger partial charge < -0.3 is 11.1 Å². The van der Waals surface area contributed by atoms with Gasteiger partial charge in [0, 0.05) is 16.7 Å². The Labute approximate surface area is 139 Å². The largest absolute Gasteiger partial charge is 0.338 e. The Balaban J connectivity index is 2.87. The maximum Gasteiger partial charge on any atom is 0.267 e. The van der Waals surface area contributed by atoms with E-state index in [1.807, 2.05) is 0 Å². The molecule has 1 atom stereocenters. The molecule has 0 aliphatic rings. The molecular weight excluding hydrogens is 313 g/mol. The summed E-state index contributed by atoms with van der Waals surface area (Å²) in [6, 6.07) is 5.09. The van der Waals surface area contributed by atoms with Gasteiger partial charge >= 0.3 is 0 Å². The van der Waals surface area contributed by atoms with Crippen molar-refractivity contribution in [2.75, 3.05) is 6.67 Å². The van der Waals surface area contributed by atoms with Gasteiger partial charge in [0.15, 0.2) is 6.67 Å². The SMILES string of the molecule is CC(C)(N)[C@H](NC(=O)c1ccc(C#CC#CCF)cc1)C(=O)NO. The van der Waals surface area contributed by atoms with Crippen molar-refractivity contribution in [3.05, 3.63) is 35.4 Å². The number of amides is 2. The lowest BCUT2D eigenvalue weighted by Gasteiger charge is -2.29. The summed E-state index contributed by atoms with van der Waals surface area (Å²) >= 11 is 0. The summed E-state index contributed by atoms with van der Waals surface area (Å²) < 4.78 is 11.8. The van der Waals surface area contributed by atoms with Crippen LogP contribution in [0.3, 0.4) is 0 Å². The molecule has 0 radical (unpaired) electrons. The zero-order valence-electron chi connectivity index (χ0n) is 13.3. The predicted molar refractivity (Wildman–Crippen MR) is 86.5 cm³/mol. The third-order valence-corrected chi connectivity index (χ3v) is 2.96. The molecule has 0 fully saturated rings. The lowest BCUT2D eigenvalue weighted by Crippen LogP contribution is -2.61. The summed E-state index contributed by atoms with van der Waals surface area (Å²) in [4.78, 5) is 23.8. The van der Waals surface area contributed by atoms with Gasteiger partial charge in [-0.3, -0.25) is 14.8 Å². The Morgan fingerprint density at radius 2 is 1.92 bits per heavy atom. The van der Waals surface area contributed by atoms with Crippen LogP contribution in [0.5, 0.6) is 0 Å². The molecule has 0 unspecified atom stereocenters. The molecule has 0 aliphatic heterocycles. The number of rotatable bonds is 4. The zero-order valence-corrected chi connectivity index (χ0v) is 13.3. The monoisotopic (exact) mass is 331 g/mol. The second-order valence-corrected chi connectivity index (χ2v) is 5.47. The van der Waals surface area contributed by atoms with Crippen molar-refractivity contribution in [1.29, 1.82) is 0 Å². The molecule has 6 nitrogen and oxygen atoms in total. The molecule has 0 bridgehead atoms. The topological polar surface area (TPSA) is 104 Å². The van der Waals surface area contributed by atoms with E-state index >= 15 is 0 Å². The van der Waals surface area contributed by atoms with E-state index in [-0.39, 0.29) is 5.56 Å². The number of benzene rings is 1. The maximum absolute atomic E-state index is 12.2. The van der Waals surface area contributed by atoms with Crippen LogP contribution in [0.4, 0.5) is 4.39 Å². The molecule has 7 heteroatoms. The van der Waals surface area contributed by atoms with E-state index in [1.54, 1.807) is 26.0 Å². The third kappa shape index (κ3) is 5.73. The Morgan fingerprint density at radius 3 is 2.42 bits per heavy atom. The molecule has 1 rings (SSSR count). The number of hydrogen-bond acceptors (Lipinski definition) is 4. The first-order valence-electron chi connectivity index (χ1n) is 6.98. The first kappa shape index (κ1) is 19.2. The fraction of sp³-hybridized carbons (Fsp3) is 0.294. The van der Waals surface area contributed by atoms with Gasteiger partial charge in [-0.1, -0.05) is 11.8 Å². The molecule has 1 aromatic rings. The number of alkyl halides is 1.